The number of carbonyl (C=O) groups is 1. The van der Waals surface area contributed by atoms with Gasteiger partial charge < -0.3 is 11.1 Å². The molecule has 3 heteroatoms. The van der Waals surface area contributed by atoms with Crippen molar-refractivity contribution in [2.24, 2.45) is 0 Å². The number of nitrogens with two attached hydrogens (primary N) is 1. The molecule has 1 atom stereocenters. The van der Waals surface area contributed by atoms with Crippen molar-refractivity contribution < 1.29 is 4.79 Å². The summed E-state index contributed by atoms with van der Waals surface area (Å²) in [4.78, 5) is 12.3. The Bertz CT molecular complexity index is 809. The van der Waals surface area contributed by atoms with Crippen LogP contribution in [0.4, 0.5) is 5.69 Å². The lowest BCUT2D eigenvalue weighted by Gasteiger charge is -2.15. The second kappa shape index (κ2) is 5.90. The molecule has 3 N–H and O–H groups in total. The first-order chi connectivity index (χ1) is 10.6. The molecule has 0 bridgehead atoms. The minimum absolute atomic E-state index is 0.0605. The average molecular weight is 290 g/mol. The fraction of sp³-hybridized carbons (Fsp3) is 0.105. The van der Waals surface area contributed by atoms with E-state index in [0.29, 0.717) is 11.3 Å². The van der Waals surface area contributed by atoms with Crippen LogP contribution in [0.5, 0.6) is 0 Å². The van der Waals surface area contributed by atoms with Gasteiger partial charge in [0, 0.05) is 11.3 Å². The fourth-order valence-corrected chi connectivity index (χ4v) is 2.47. The van der Waals surface area contributed by atoms with Crippen LogP contribution in [0.1, 0.15) is 28.9 Å². The lowest BCUT2D eigenvalue weighted by atomic mass is 10.0. The number of carbonyl (C=O) groups excluding carboxylic acids is 1. The normalized spacial score (nSPS) is 12.0. The van der Waals surface area contributed by atoms with Gasteiger partial charge in [-0.05, 0) is 53.6 Å². The van der Waals surface area contributed by atoms with Crippen LogP contribution in [0.2, 0.25) is 0 Å². The predicted octanol–water partition coefficient (Wildman–Crippen LogP) is 3.91. The van der Waals surface area contributed by atoms with Gasteiger partial charge in [0.15, 0.2) is 0 Å². The van der Waals surface area contributed by atoms with Gasteiger partial charge in [-0.3, -0.25) is 4.79 Å². The lowest BCUT2D eigenvalue weighted by Crippen LogP contribution is -2.26. The first-order valence-electron chi connectivity index (χ1n) is 7.28. The van der Waals surface area contributed by atoms with Gasteiger partial charge in [0.1, 0.15) is 0 Å². The number of anilines is 1. The minimum atomic E-state index is -0.0966. The Labute approximate surface area is 129 Å². The Morgan fingerprint density at radius 2 is 1.64 bits per heavy atom. The second-order valence-corrected chi connectivity index (χ2v) is 5.42. The number of hydrogen-bond donors (Lipinski definition) is 2. The molecule has 0 saturated heterocycles. The molecule has 1 amide bonds. The number of fused-ring (bicyclic) bond motifs is 1. The van der Waals surface area contributed by atoms with Crippen molar-refractivity contribution in [2.75, 3.05) is 5.73 Å². The highest BCUT2D eigenvalue weighted by molar-refractivity contribution is 5.94. The van der Waals surface area contributed by atoms with E-state index in [1.54, 1.807) is 24.3 Å². The molecule has 0 spiro atoms. The number of nitrogens with one attached hydrogen (secondary N) is 1. The standard InChI is InChI=1S/C19H18N2O/c1-13(21-19(22)15-8-10-18(20)11-9-15)16-7-6-14-4-2-3-5-17(14)12-16/h2-13H,20H2,1H3,(H,21,22)/t13-/m1/s1. The smallest absolute Gasteiger partial charge is 0.251 e. The van der Waals surface area contributed by atoms with E-state index in [2.05, 4.69) is 35.6 Å². The van der Waals surface area contributed by atoms with E-state index >= 15 is 0 Å². The fourth-order valence-electron chi connectivity index (χ4n) is 2.47. The topological polar surface area (TPSA) is 55.1 Å². The maximum atomic E-state index is 12.3. The second-order valence-electron chi connectivity index (χ2n) is 5.42. The quantitative estimate of drug-likeness (QED) is 0.718. The van der Waals surface area contributed by atoms with Crippen molar-refractivity contribution in [3.8, 4) is 0 Å². The van der Waals surface area contributed by atoms with Crippen LogP contribution < -0.4 is 11.1 Å². The molecule has 3 aromatic carbocycles. The molecule has 0 heterocycles. The summed E-state index contributed by atoms with van der Waals surface area (Å²) in [6, 6.07) is 21.3. The van der Waals surface area contributed by atoms with Gasteiger partial charge in [-0.2, -0.15) is 0 Å². The van der Waals surface area contributed by atoms with Crippen molar-refractivity contribution in [3.63, 3.8) is 0 Å². The Morgan fingerprint density at radius 3 is 2.36 bits per heavy atom. The number of rotatable bonds is 3. The molecule has 0 unspecified atom stereocenters. The third kappa shape index (κ3) is 2.93. The van der Waals surface area contributed by atoms with Gasteiger partial charge in [-0.15, -0.1) is 0 Å². The van der Waals surface area contributed by atoms with Crippen LogP contribution in [0.25, 0.3) is 10.8 Å². The highest BCUT2D eigenvalue weighted by atomic mass is 16.1. The summed E-state index contributed by atoms with van der Waals surface area (Å²) < 4.78 is 0. The highest BCUT2D eigenvalue weighted by Crippen LogP contribution is 2.20. The molecule has 3 rings (SSSR count). The molecule has 3 aromatic rings. The number of hydrogen-bond acceptors (Lipinski definition) is 2. The first-order valence-corrected chi connectivity index (χ1v) is 7.28. The number of amides is 1. The summed E-state index contributed by atoms with van der Waals surface area (Å²) in [5, 5.41) is 5.39. The maximum Gasteiger partial charge on any atom is 0.251 e. The molecule has 0 aliphatic heterocycles. The zero-order valence-corrected chi connectivity index (χ0v) is 12.4. The Kier molecular flexibility index (Phi) is 3.79. The van der Waals surface area contributed by atoms with Crippen LogP contribution in [0, 0.1) is 0 Å². The van der Waals surface area contributed by atoms with E-state index in [1.165, 1.54) is 10.8 Å². The van der Waals surface area contributed by atoms with Crippen LogP contribution >= 0.6 is 0 Å². The summed E-state index contributed by atoms with van der Waals surface area (Å²) in [6.45, 7) is 1.99. The van der Waals surface area contributed by atoms with Crippen molar-refractivity contribution >= 4 is 22.4 Å². The average Bonchev–Trinajstić information content (AvgIpc) is 2.55. The summed E-state index contributed by atoms with van der Waals surface area (Å²) in [5.41, 5.74) is 7.99. The summed E-state index contributed by atoms with van der Waals surface area (Å²) >= 11 is 0. The van der Waals surface area contributed by atoms with Crippen molar-refractivity contribution in [1.29, 1.82) is 0 Å². The lowest BCUT2D eigenvalue weighted by molar-refractivity contribution is 0.0940. The Hall–Kier alpha value is -2.81. The molecule has 0 fully saturated rings. The van der Waals surface area contributed by atoms with Crippen LogP contribution in [0.15, 0.2) is 66.7 Å². The molecule has 0 aliphatic carbocycles. The highest BCUT2D eigenvalue weighted by Gasteiger charge is 2.11. The van der Waals surface area contributed by atoms with Gasteiger partial charge in [-0.1, -0.05) is 36.4 Å². The molecule has 22 heavy (non-hydrogen) atoms. The molecule has 0 aliphatic rings. The van der Waals surface area contributed by atoms with E-state index in [-0.39, 0.29) is 11.9 Å². The SMILES string of the molecule is C[C@@H](NC(=O)c1ccc(N)cc1)c1ccc2ccccc2c1. The third-order valence-corrected chi connectivity index (χ3v) is 3.79. The molecule has 110 valence electrons. The van der Waals surface area contributed by atoms with E-state index in [1.807, 2.05) is 19.1 Å². The van der Waals surface area contributed by atoms with Crippen LogP contribution in [-0.2, 0) is 0 Å². The Balaban J connectivity index is 1.79. The van der Waals surface area contributed by atoms with E-state index < -0.39 is 0 Å². The van der Waals surface area contributed by atoms with E-state index in [9.17, 15) is 4.79 Å². The first kappa shape index (κ1) is 14.1. The predicted molar refractivity (Wildman–Crippen MR) is 90.7 cm³/mol. The van der Waals surface area contributed by atoms with Gasteiger partial charge in [0.05, 0.1) is 6.04 Å². The monoisotopic (exact) mass is 290 g/mol. The van der Waals surface area contributed by atoms with Gasteiger partial charge in [0.2, 0.25) is 0 Å². The molecule has 0 radical (unpaired) electrons. The van der Waals surface area contributed by atoms with Crippen LogP contribution in [0.3, 0.4) is 0 Å². The minimum Gasteiger partial charge on any atom is -0.399 e. The Morgan fingerprint density at radius 1 is 0.955 bits per heavy atom. The van der Waals surface area contributed by atoms with Crippen molar-refractivity contribution in [1.82, 2.24) is 5.32 Å². The van der Waals surface area contributed by atoms with Gasteiger partial charge in [-0.25, -0.2) is 0 Å². The summed E-state index contributed by atoms with van der Waals surface area (Å²) in [7, 11) is 0. The van der Waals surface area contributed by atoms with Crippen molar-refractivity contribution in [2.45, 2.75) is 13.0 Å². The third-order valence-electron chi connectivity index (χ3n) is 3.79. The van der Waals surface area contributed by atoms with E-state index in [0.717, 1.165) is 5.56 Å². The molecule has 0 saturated carbocycles. The zero-order valence-electron chi connectivity index (χ0n) is 12.4. The largest absolute Gasteiger partial charge is 0.399 e. The summed E-state index contributed by atoms with van der Waals surface area (Å²) in [6.07, 6.45) is 0. The van der Waals surface area contributed by atoms with Gasteiger partial charge >= 0.3 is 0 Å². The van der Waals surface area contributed by atoms with Crippen LogP contribution in [-0.4, -0.2) is 5.91 Å². The summed E-state index contributed by atoms with van der Waals surface area (Å²) in [5.74, 6) is -0.0966. The van der Waals surface area contributed by atoms with Gasteiger partial charge in [0.25, 0.3) is 5.91 Å². The zero-order chi connectivity index (χ0) is 15.5. The molecule has 3 nitrogen and oxygen atoms in total. The molecular weight excluding hydrogens is 272 g/mol. The maximum absolute atomic E-state index is 12.3. The number of nitrogen functional groups attached to an aromatic ring is 1. The van der Waals surface area contributed by atoms with E-state index in [4.69, 9.17) is 5.73 Å². The van der Waals surface area contributed by atoms with Crippen molar-refractivity contribution in [3.05, 3.63) is 77.9 Å². The number of benzene rings is 3. The molecular formula is C19H18N2O. The molecule has 0 aromatic heterocycles.